The van der Waals surface area contributed by atoms with Gasteiger partial charge >= 0.3 is 5.97 Å². The van der Waals surface area contributed by atoms with Gasteiger partial charge in [-0.15, -0.1) is 0 Å². The molecule has 1 aromatic carbocycles. The molecule has 0 N–H and O–H groups in total. The van der Waals surface area contributed by atoms with Crippen LogP contribution >= 0.6 is 0 Å². The quantitative estimate of drug-likeness (QED) is 0.192. The Balaban J connectivity index is 1.38. The molecular weight excluding hydrogens is 544 g/mol. The van der Waals surface area contributed by atoms with E-state index in [9.17, 15) is 9.59 Å². The molecule has 5 fully saturated rings. The Morgan fingerprint density at radius 2 is 1.64 bits per heavy atom. The fourth-order valence-electron chi connectivity index (χ4n) is 12.7. The van der Waals surface area contributed by atoms with E-state index in [0.717, 1.165) is 68.3 Å². The summed E-state index contributed by atoms with van der Waals surface area (Å²) < 4.78 is 11.2. The fraction of sp³-hybridized carbons (Fsp3) is 0.700. The smallest absolute Gasteiger partial charge is 0.312 e. The van der Waals surface area contributed by atoms with Crippen LogP contribution in [0.15, 0.2) is 42.0 Å². The Kier molecular flexibility index (Phi) is 7.61. The molecule has 0 bridgehead atoms. The van der Waals surface area contributed by atoms with Crippen LogP contribution in [0.1, 0.15) is 112 Å². The average molecular weight is 601 g/mol. The summed E-state index contributed by atoms with van der Waals surface area (Å²) in [4.78, 5) is 27.7. The fourth-order valence-corrected chi connectivity index (χ4v) is 12.7. The highest BCUT2D eigenvalue weighted by Gasteiger charge is 2.72. The van der Waals surface area contributed by atoms with Crippen molar-refractivity contribution in [2.45, 2.75) is 106 Å². The van der Waals surface area contributed by atoms with Crippen LogP contribution in [0, 0.1) is 56.7 Å². The van der Waals surface area contributed by atoms with Gasteiger partial charge in [-0.2, -0.15) is 0 Å². The molecule has 240 valence electrons. The van der Waals surface area contributed by atoms with Crippen molar-refractivity contribution in [3.05, 3.63) is 47.6 Å². The number of ether oxygens (including phenoxy) is 2. The summed E-state index contributed by atoms with van der Waals surface area (Å²) in [5, 5.41) is 0. The number of hydrogen-bond acceptors (Lipinski definition) is 4. The number of fused-ring (bicyclic) bond motifs is 7. The van der Waals surface area contributed by atoms with Crippen LogP contribution in [0.3, 0.4) is 0 Å². The Labute approximate surface area is 266 Å². The summed E-state index contributed by atoms with van der Waals surface area (Å²) in [7, 11) is 1.58. The van der Waals surface area contributed by atoms with Gasteiger partial charge in [-0.05, 0) is 147 Å². The molecule has 4 nitrogen and oxygen atoms in total. The third-order valence-corrected chi connectivity index (χ3v) is 14.8. The predicted molar refractivity (Wildman–Crippen MR) is 177 cm³/mol. The largest absolute Gasteiger partial charge is 0.494 e. The Bertz CT molecular complexity index is 1370. The second kappa shape index (κ2) is 10.6. The first-order chi connectivity index (χ1) is 20.7. The molecule has 6 rings (SSSR count). The zero-order valence-corrected chi connectivity index (χ0v) is 28.7. The van der Waals surface area contributed by atoms with Crippen LogP contribution in [0.2, 0.25) is 0 Å². The molecule has 4 heteroatoms. The van der Waals surface area contributed by atoms with Gasteiger partial charge in [0.15, 0.2) is 5.78 Å². The van der Waals surface area contributed by atoms with Crippen LogP contribution in [-0.2, 0) is 14.3 Å². The summed E-state index contributed by atoms with van der Waals surface area (Å²) in [6, 6.07) is 8.19. The molecule has 0 saturated heterocycles. The average Bonchev–Trinajstić information content (AvgIpc) is 3.38. The topological polar surface area (TPSA) is 52.6 Å². The zero-order valence-electron chi connectivity index (χ0n) is 28.7. The number of benzene rings is 1. The van der Waals surface area contributed by atoms with Crippen LogP contribution in [-0.4, -0.2) is 25.5 Å². The molecule has 5 aliphatic rings. The molecule has 0 spiro atoms. The molecule has 5 aliphatic carbocycles. The monoisotopic (exact) mass is 600 g/mol. The number of carbonyl (C=O) groups is 2. The number of allylic oxidation sites excluding steroid dienone is 2. The van der Waals surface area contributed by atoms with E-state index in [1.807, 2.05) is 19.1 Å². The lowest BCUT2D eigenvalue weighted by molar-refractivity contribution is -0.232. The minimum Gasteiger partial charge on any atom is -0.494 e. The molecule has 0 radical (unpaired) electrons. The van der Waals surface area contributed by atoms with Gasteiger partial charge < -0.3 is 9.47 Å². The Hall–Kier alpha value is -2.36. The minimum atomic E-state index is -0.397. The van der Waals surface area contributed by atoms with Crippen LogP contribution in [0.25, 0.3) is 6.08 Å². The van der Waals surface area contributed by atoms with Gasteiger partial charge in [0.05, 0.1) is 19.1 Å². The predicted octanol–water partition coefficient (Wildman–Crippen LogP) is 9.48. The summed E-state index contributed by atoms with van der Waals surface area (Å²) in [5.41, 5.74) is 2.86. The Morgan fingerprint density at radius 1 is 0.932 bits per heavy atom. The van der Waals surface area contributed by atoms with E-state index in [0.29, 0.717) is 42.0 Å². The van der Waals surface area contributed by atoms with Crippen molar-refractivity contribution in [3.8, 4) is 5.75 Å². The second-order valence-corrected chi connectivity index (χ2v) is 16.7. The number of ketones is 1. The molecule has 44 heavy (non-hydrogen) atoms. The van der Waals surface area contributed by atoms with Gasteiger partial charge in [0.1, 0.15) is 5.75 Å². The third kappa shape index (κ3) is 4.20. The van der Waals surface area contributed by atoms with E-state index in [1.54, 1.807) is 7.11 Å². The van der Waals surface area contributed by atoms with Crippen molar-refractivity contribution in [1.82, 2.24) is 0 Å². The highest BCUT2D eigenvalue weighted by molar-refractivity contribution is 6.04. The summed E-state index contributed by atoms with van der Waals surface area (Å²) in [6.45, 7) is 21.5. The molecule has 0 unspecified atom stereocenters. The molecule has 0 aromatic heterocycles. The van der Waals surface area contributed by atoms with E-state index < -0.39 is 5.41 Å². The molecule has 1 aromatic rings. The van der Waals surface area contributed by atoms with Gasteiger partial charge in [0.25, 0.3) is 0 Å². The SMILES string of the molecule is C=C(C)[C@H]1CC[C@@]2(C(=O)OC)CC[C@]3(C)[C@H](CC[C@H]4[C@@]5(C)C/C(=C\c6ccc(OCC)cc6)C(=O)C(C)(C)[C@H]5CC[C@@]43C)[C@@H]12. The summed E-state index contributed by atoms with van der Waals surface area (Å²) in [5.74, 6) is 3.30. The molecule has 0 aliphatic heterocycles. The van der Waals surface area contributed by atoms with Crippen molar-refractivity contribution in [1.29, 1.82) is 0 Å². The number of rotatable bonds is 5. The first-order valence-corrected chi connectivity index (χ1v) is 17.4. The number of hydrogen-bond donors (Lipinski definition) is 0. The molecule has 5 saturated carbocycles. The first kappa shape index (κ1) is 31.6. The van der Waals surface area contributed by atoms with Crippen LogP contribution in [0.4, 0.5) is 0 Å². The molecular formula is C40H56O4. The van der Waals surface area contributed by atoms with Crippen molar-refractivity contribution < 1.29 is 19.1 Å². The Morgan fingerprint density at radius 3 is 2.27 bits per heavy atom. The standard InChI is InChI=1S/C40H56O4/c1-10-44-28-13-11-26(12-14-28)23-27-24-37(6)31(36(4,5)34(27)41)18-19-39(8)32(37)16-15-30-33-29(25(2)3)17-20-40(33,35(42)43-9)22-21-38(30,39)7/h11-14,23,29-33H,2,10,15-22,24H2,1,3-9H3/b27-23+/t29-,30-,31-,32+,33-,37+,38-,39+,40-/m1/s1. The minimum absolute atomic E-state index is 0.0212. The van der Waals surface area contributed by atoms with Crippen LogP contribution in [0.5, 0.6) is 5.75 Å². The number of esters is 1. The summed E-state index contributed by atoms with van der Waals surface area (Å²) >= 11 is 0. The van der Waals surface area contributed by atoms with Crippen LogP contribution < -0.4 is 4.74 Å². The normalized spacial score (nSPS) is 43.3. The van der Waals surface area contributed by atoms with E-state index >= 15 is 0 Å². The third-order valence-electron chi connectivity index (χ3n) is 14.8. The second-order valence-electron chi connectivity index (χ2n) is 16.7. The number of methoxy groups -OCH3 is 1. The molecule has 0 heterocycles. The van der Waals surface area contributed by atoms with Crippen molar-refractivity contribution >= 4 is 17.8 Å². The van der Waals surface area contributed by atoms with Gasteiger partial charge in [0.2, 0.25) is 0 Å². The lowest BCUT2D eigenvalue weighted by atomic mass is 9.32. The van der Waals surface area contributed by atoms with Gasteiger partial charge in [-0.1, -0.05) is 58.9 Å². The maximum atomic E-state index is 14.2. The van der Waals surface area contributed by atoms with Gasteiger partial charge in [-0.25, -0.2) is 0 Å². The first-order valence-electron chi connectivity index (χ1n) is 17.4. The van der Waals surface area contributed by atoms with E-state index in [4.69, 9.17) is 9.47 Å². The maximum absolute atomic E-state index is 14.2. The highest BCUT2D eigenvalue weighted by Crippen LogP contribution is 2.77. The molecule has 9 atom stereocenters. The maximum Gasteiger partial charge on any atom is 0.312 e. The van der Waals surface area contributed by atoms with Crippen molar-refractivity contribution in [3.63, 3.8) is 0 Å². The van der Waals surface area contributed by atoms with Crippen molar-refractivity contribution in [2.75, 3.05) is 13.7 Å². The zero-order chi connectivity index (χ0) is 31.9. The number of Topliss-reactive ketones (excluding diaryl/α,β-unsaturated/α-hetero) is 1. The summed E-state index contributed by atoms with van der Waals surface area (Å²) in [6.07, 6.45) is 11.6. The van der Waals surface area contributed by atoms with E-state index in [1.165, 1.54) is 12.0 Å². The van der Waals surface area contributed by atoms with Crippen molar-refractivity contribution in [2.24, 2.45) is 56.7 Å². The van der Waals surface area contributed by atoms with Gasteiger partial charge in [-0.3, -0.25) is 9.59 Å². The lowest BCUT2D eigenvalue weighted by Gasteiger charge is -2.72. The van der Waals surface area contributed by atoms with Gasteiger partial charge in [0, 0.05) is 5.41 Å². The van der Waals surface area contributed by atoms with E-state index in [-0.39, 0.29) is 27.6 Å². The highest BCUT2D eigenvalue weighted by atomic mass is 16.5. The molecule has 0 amide bonds. The lowest BCUT2D eigenvalue weighted by Crippen LogP contribution is -2.67. The number of carbonyl (C=O) groups excluding carboxylic acids is 2. The van der Waals surface area contributed by atoms with E-state index in [2.05, 4.69) is 66.3 Å².